The molecule has 2 aromatic carbocycles. The first-order chi connectivity index (χ1) is 15.4. The van der Waals surface area contributed by atoms with Crippen LogP contribution in [0.5, 0.6) is 0 Å². The van der Waals surface area contributed by atoms with Crippen LogP contribution in [0.1, 0.15) is 46.7 Å². The molecule has 32 heavy (non-hydrogen) atoms. The molecule has 7 nitrogen and oxygen atoms in total. The summed E-state index contributed by atoms with van der Waals surface area (Å²) < 4.78 is 0. The maximum absolute atomic E-state index is 12.8. The number of hydrogen-bond donors (Lipinski definition) is 2. The summed E-state index contributed by atoms with van der Waals surface area (Å²) in [6.07, 6.45) is 0.428. The topological polar surface area (TPSA) is 112 Å². The first kappa shape index (κ1) is 20.9. The Hall–Kier alpha value is -4.31. The number of H-pyrrole nitrogens is 1. The Balaban J connectivity index is 1.59. The van der Waals surface area contributed by atoms with E-state index in [2.05, 4.69) is 26.3 Å². The van der Waals surface area contributed by atoms with Crippen molar-refractivity contribution in [2.45, 2.75) is 20.3 Å². The first-order valence-corrected chi connectivity index (χ1v) is 10.3. The molecular weight excluding hydrogens is 402 g/mol. The summed E-state index contributed by atoms with van der Waals surface area (Å²) in [6.45, 7) is 3.98. The molecule has 0 atom stereocenters. The van der Waals surface area contributed by atoms with Crippen LogP contribution in [0.25, 0.3) is 22.3 Å². The predicted molar refractivity (Wildman–Crippen MR) is 122 cm³/mol. The van der Waals surface area contributed by atoms with Crippen molar-refractivity contribution < 1.29 is 9.59 Å². The first-order valence-electron chi connectivity index (χ1n) is 10.3. The van der Waals surface area contributed by atoms with Gasteiger partial charge in [0.05, 0.1) is 22.8 Å². The number of nitrogens with one attached hydrogen (secondary N) is 2. The third-order valence-corrected chi connectivity index (χ3v) is 4.91. The second-order valence-electron chi connectivity index (χ2n) is 7.86. The Morgan fingerprint density at radius 3 is 2.62 bits per heavy atom. The van der Waals surface area contributed by atoms with E-state index in [1.165, 1.54) is 0 Å². The van der Waals surface area contributed by atoms with Gasteiger partial charge in [-0.2, -0.15) is 5.26 Å². The van der Waals surface area contributed by atoms with E-state index in [0.717, 1.165) is 5.56 Å². The van der Waals surface area contributed by atoms with Crippen molar-refractivity contribution in [3.8, 4) is 17.3 Å². The van der Waals surface area contributed by atoms with Crippen molar-refractivity contribution in [1.82, 2.24) is 15.0 Å². The highest BCUT2D eigenvalue weighted by Crippen LogP contribution is 2.22. The van der Waals surface area contributed by atoms with Crippen molar-refractivity contribution in [2.24, 2.45) is 5.92 Å². The molecule has 158 valence electrons. The van der Waals surface area contributed by atoms with Crippen molar-refractivity contribution in [3.05, 3.63) is 77.5 Å². The Kier molecular flexibility index (Phi) is 5.77. The Labute approximate surface area is 185 Å². The number of anilines is 1. The van der Waals surface area contributed by atoms with Gasteiger partial charge in [0.1, 0.15) is 11.2 Å². The number of pyridine rings is 1. The lowest BCUT2D eigenvalue weighted by Crippen LogP contribution is -2.14. The fourth-order valence-electron chi connectivity index (χ4n) is 3.44. The highest BCUT2D eigenvalue weighted by atomic mass is 16.2. The van der Waals surface area contributed by atoms with Crippen LogP contribution < -0.4 is 5.32 Å². The molecule has 0 aliphatic heterocycles. The second-order valence-corrected chi connectivity index (χ2v) is 7.86. The molecule has 0 aliphatic rings. The fourth-order valence-corrected chi connectivity index (χ4v) is 3.44. The lowest BCUT2D eigenvalue weighted by Gasteiger charge is -2.05. The number of imidazole rings is 1. The second kappa shape index (κ2) is 8.82. The molecule has 0 unspecified atom stereocenters. The minimum Gasteiger partial charge on any atom is -0.324 e. The molecular formula is C25H21N5O2. The van der Waals surface area contributed by atoms with Gasteiger partial charge >= 0.3 is 0 Å². The van der Waals surface area contributed by atoms with Gasteiger partial charge in [-0.1, -0.05) is 38.1 Å². The summed E-state index contributed by atoms with van der Waals surface area (Å²) in [4.78, 5) is 37.3. The number of para-hydroxylation sites is 1. The van der Waals surface area contributed by atoms with E-state index in [-0.39, 0.29) is 23.3 Å². The maximum atomic E-state index is 12.8. The van der Waals surface area contributed by atoms with E-state index in [1.807, 2.05) is 26.0 Å². The molecule has 2 aromatic heterocycles. The zero-order valence-corrected chi connectivity index (χ0v) is 17.7. The quantitative estimate of drug-likeness (QED) is 0.425. The number of fused-ring (bicyclic) bond motifs is 1. The molecule has 0 fully saturated rings. The van der Waals surface area contributed by atoms with Gasteiger partial charge in [-0.15, -0.1) is 0 Å². The monoisotopic (exact) mass is 423 g/mol. The summed E-state index contributed by atoms with van der Waals surface area (Å²) in [7, 11) is 0. The number of carbonyl (C=O) groups is 2. The van der Waals surface area contributed by atoms with Gasteiger partial charge in [0, 0.05) is 17.5 Å². The molecule has 0 radical (unpaired) electrons. The van der Waals surface area contributed by atoms with E-state index in [4.69, 9.17) is 5.26 Å². The number of rotatable bonds is 6. The molecule has 1 amide bonds. The van der Waals surface area contributed by atoms with Crippen molar-refractivity contribution in [2.75, 3.05) is 5.32 Å². The zero-order chi connectivity index (χ0) is 22.7. The van der Waals surface area contributed by atoms with Crippen LogP contribution in [0.2, 0.25) is 0 Å². The van der Waals surface area contributed by atoms with E-state index >= 15 is 0 Å². The average Bonchev–Trinajstić information content (AvgIpc) is 3.21. The van der Waals surface area contributed by atoms with Gasteiger partial charge in [0.2, 0.25) is 5.95 Å². The van der Waals surface area contributed by atoms with Crippen molar-refractivity contribution in [1.29, 1.82) is 5.26 Å². The molecule has 0 saturated carbocycles. The van der Waals surface area contributed by atoms with E-state index in [0.29, 0.717) is 34.3 Å². The summed E-state index contributed by atoms with van der Waals surface area (Å²) in [5, 5.41) is 11.8. The molecule has 4 rings (SSSR count). The van der Waals surface area contributed by atoms with E-state index < -0.39 is 5.91 Å². The third-order valence-electron chi connectivity index (χ3n) is 4.91. The number of Topliss-reactive ketones (excluding diaryl/α,β-unsaturated/α-hetero) is 1. The lowest BCUT2D eigenvalue weighted by atomic mass is 10.0. The number of ketones is 1. The number of hydrogen-bond acceptors (Lipinski definition) is 5. The van der Waals surface area contributed by atoms with Crippen LogP contribution in [-0.2, 0) is 0 Å². The van der Waals surface area contributed by atoms with Crippen LogP contribution in [0.4, 0.5) is 5.95 Å². The predicted octanol–water partition coefficient (Wildman–Crippen LogP) is 4.98. The largest absolute Gasteiger partial charge is 0.324 e. The van der Waals surface area contributed by atoms with E-state index in [9.17, 15) is 9.59 Å². The highest BCUT2D eigenvalue weighted by Gasteiger charge is 2.17. The number of aromatic amines is 1. The average molecular weight is 423 g/mol. The van der Waals surface area contributed by atoms with E-state index in [1.54, 1.807) is 48.5 Å². The minimum absolute atomic E-state index is 0.0175. The number of nitrogens with zero attached hydrogens (tertiary/aromatic N) is 3. The normalized spacial score (nSPS) is 10.8. The van der Waals surface area contributed by atoms with Gasteiger partial charge in [-0.25, -0.2) is 9.97 Å². The number of carbonyl (C=O) groups excluding carboxylic acids is 2. The third kappa shape index (κ3) is 4.40. The van der Waals surface area contributed by atoms with Gasteiger partial charge in [0.15, 0.2) is 5.78 Å². The Bertz CT molecular complexity index is 1360. The molecule has 0 aliphatic carbocycles. The van der Waals surface area contributed by atoms with Crippen molar-refractivity contribution >= 4 is 28.7 Å². The molecule has 0 spiro atoms. The summed E-state index contributed by atoms with van der Waals surface area (Å²) >= 11 is 0. The van der Waals surface area contributed by atoms with Crippen molar-refractivity contribution in [3.63, 3.8) is 0 Å². The number of amides is 1. The van der Waals surface area contributed by atoms with Gasteiger partial charge in [0.25, 0.3) is 5.91 Å². The van der Waals surface area contributed by atoms with Crippen LogP contribution >= 0.6 is 0 Å². The molecule has 2 N–H and O–H groups in total. The summed E-state index contributed by atoms with van der Waals surface area (Å²) in [5.41, 5.74) is 3.79. The lowest BCUT2D eigenvalue weighted by molar-refractivity contribution is 0.0968. The van der Waals surface area contributed by atoms with Gasteiger partial charge < -0.3 is 4.98 Å². The number of benzene rings is 2. The Morgan fingerprint density at radius 1 is 1.06 bits per heavy atom. The standard InChI is InChI=1S/C25H21N5O2/c1-15(2)12-22(31)18-8-4-10-20-23(18)29-25(28-20)30-24(32)21-11-5-9-19(27-21)17-7-3-6-16(13-17)14-26/h3-11,13,15H,12H2,1-2H3,(H2,28,29,30,32). The summed E-state index contributed by atoms with van der Waals surface area (Å²) in [6, 6.07) is 19.6. The SMILES string of the molecule is CC(C)CC(=O)c1cccc2[nH]c(NC(=O)c3cccc(-c4cccc(C#N)c4)n3)nc12. The zero-order valence-electron chi connectivity index (χ0n) is 17.7. The van der Waals surface area contributed by atoms with Crippen LogP contribution in [0.3, 0.4) is 0 Å². The molecule has 2 heterocycles. The van der Waals surface area contributed by atoms with Gasteiger partial charge in [-0.3, -0.25) is 14.9 Å². The summed E-state index contributed by atoms with van der Waals surface area (Å²) in [5.74, 6) is 0.0675. The molecule has 4 aromatic rings. The minimum atomic E-state index is -0.433. The van der Waals surface area contributed by atoms with Crippen LogP contribution in [-0.4, -0.2) is 26.6 Å². The smallest absolute Gasteiger partial charge is 0.276 e. The number of aromatic nitrogens is 3. The fraction of sp³-hybridized carbons (Fsp3) is 0.160. The van der Waals surface area contributed by atoms with Gasteiger partial charge in [-0.05, 0) is 42.3 Å². The molecule has 0 saturated heterocycles. The molecule has 7 heteroatoms. The highest BCUT2D eigenvalue weighted by molar-refractivity contribution is 6.07. The molecule has 0 bridgehead atoms. The van der Waals surface area contributed by atoms with Crippen LogP contribution in [0.15, 0.2) is 60.7 Å². The number of nitriles is 1. The maximum Gasteiger partial charge on any atom is 0.276 e. The Morgan fingerprint density at radius 2 is 1.84 bits per heavy atom. The van der Waals surface area contributed by atoms with Crippen LogP contribution in [0, 0.1) is 17.2 Å².